The van der Waals surface area contributed by atoms with Crippen molar-refractivity contribution in [1.29, 1.82) is 0 Å². The van der Waals surface area contributed by atoms with Crippen LogP contribution in [0, 0.1) is 6.92 Å². The van der Waals surface area contributed by atoms with E-state index in [1.807, 2.05) is 31.7 Å². The topological polar surface area (TPSA) is 99.7 Å². The number of thiazole rings is 1. The van der Waals surface area contributed by atoms with E-state index in [1.165, 1.54) is 0 Å². The molecule has 0 radical (unpaired) electrons. The molecule has 1 saturated heterocycles. The lowest BCUT2D eigenvalue weighted by Crippen LogP contribution is -2.43. The van der Waals surface area contributed by atoms with E-state index < -0.39 is 0 Å². The summed E-state index contributed by atoms with van der Waals surface area (Å²) in [5.41, 5.74) is 2.57. The number of ether oxygens (including phenoxy) is 1. The SMILES string of the molecule is CC[C@@H]1c2nnc(C)n2-c2cnc(-c3cn(C)nc3-c3nccs3)nc2N1C1CCOC1. The van der Waals surface area contributed by atoms with E-state index in [0.29, 0.717) is 12.4 Å². The van der Waals surface area contributed by atoms with Crippen LogP contribution < -0.4 is 4.90 Å². The van der Waals surface area contributed by atoms with Crippen LogP contribution in [0.4, 0.5) is 5.82 Å². The van der Waals surface area contributed by atoms with Crippen LogP contribution in [-0.4, -0.2) is 58.8 Å². The van der Waals surface area contributed by atoms with Gasteiger partial charge in [-0.2, -0.15) is 5.10 Å². The summed E-state index contributed by atoms with van der Waals surface area (Å²) in [7, 11) is 1.90. The Hall–Kier alpha value is -3.18. The first-order valence-corrected chi connectivity index (χ1v) is 11.6. The second-order valence-electron chi connectivity index (χ2n) is 8.09. The van der Waals surface area contributed by atoms with Gasteiger partial charge in [-0.1, -0.05) is 6.92 Å². The average molecular weight is 450 g/mol. The number of rotatable bonds is 4. The minimum Gasteiger partial charge on any atom is -0.379 e. The maximum atomic E-state index is 5.75. The molecule has 0 bridgehead atoms. The predicted octanol–water partition coefficient (Wildman–Crippen LogP) is 2.95. The van der Waals surface area contributed by atoms with Crippen molar-refractivity contribution in [2.75, 3.05) is 18.1 Å². The molecular weight excluding hydrogens is 426 g/mol. The third-order valence-electron chi connectivity index (χ3n) is 6.11. The van der Waals surface area contributed by atoms with Crippen molar-refractivity contribution in [3.8, 4) is 27.8 Å². The Morgan fingerprint density at radius 1 is 1.25 bits per heavy atom. The van der Waals surface area contributed by atoms with Gasteiger partial charge in [-0.05, 0) is 19.8 Å². The van der Waals surface area contributed by atoms with E-state index in [9.17, 15) is 0 Å². The molecular formula is C21H23N9OS. The highest BCUT2D eigenvalue weighted by Crippen LogP contribution is 2.42. The van der Waals surface area contributed by atoms with Gasteiger partial charge in [0, 0.05) is 31.4 Å². The van der Waals surface area contributed by atoms with E-state index in [2.05, 4.69) is 36.7 Å². The van der Waals surface area contributed by atoms with Gasteiger partial charge in [0.15, 0.2) is 17.5 Å². The lowest BCUT2D eigenvalue weighted by Gasteiger charge is -2.40. The maximum absolute atomic E-state index is 5.75. The number of fused-ring (bicyclic) bond motifs is 3. The van der Waals surface area contributed by atoms with Gasteiger partial charge in [-0.25, -0.2) is 15.0 Å². The average Bonchev–Trinajstić information content (AvgIpc) is 3.59. The van der Waals surface area contributed by atoms with Gasteiger partial charge in [-0.15, -0.1) is 21.5 Å². The Labute approximate surface area is 188 Å². The lowest BCUT2D eigenvalue weighted by atomic mass is 10.0. The largest absolute Gasteiger partial charge is 0.379 e. The molecule has 1 unspecified atom stereocenters. The van der Waals surface area contributed by atoms with Gasteiger partial charge in [0.1, 0.15) is 22.2 Å². The van der Waals surface area contributed by atoms with Crippen LogP contribution in [0.1, 0.15) is 37.5 Å². The number of aromatic nitrogens is 8. The smallest absolute Gasteiger partial charge is 0.165 e. The van der Waals surface area contributed by atoms with Crippen LogP contribution >= 0.6 is 11.3 Å². The van der Waals surface area contributed by atoms with Crippen LogP contribution in [0.3, 0.4) is 0 Å². The predicted molar refractivity (Wildman–Crippen MR) is 120 cm³/mol. The molecule has 2 aliphatic rings. The molecule has 0 N–H and O–H groups in total. The molecule has 0 saturated carbocycles. The van der Waals surface area contributed by atoms with Gasteiger partial charge in [0.05, 0.1) is 30.5 Å². The Morgan fingerprint density at radius 3 is 2.91 bits per heavy atom. The highest BCUT2D eigenvalue weighted by Gasteiger charge is 2.40. The summed E-state index contributed by atoms with van der Waals surface area (Å²) < 4.78 is 9.62. The summed E-state index contributed by atoms with van der Waals surface area (Å²) in [6.45, 7) is 5.58. The summed E-state index contributed by atoms with van der Waals surface area (Å²) in [4.78, 5) is 16.7. The Bertz CT molecular complexity index is 1270. The van der Waals surface area contributed by atoms with E-state index in [4.69, 9.17) is 14.7 Å². The summed E-state index contributed by atoms with van der Waals surface area (Å²) in [6.07, 6.45) is 7.47. The van der Waals surface area contributed by atoms with Crippen LogP contribution in [0.5, 0.6) is 0 Å². The fraction of sp³-hybridized carbons (Fsp3) is 0.429. The van der Waals surface area contributed by atoms with Gasteiger partial charge in [-0.3, -0.25) is 9.25 Å². The first-order chi connectivity index (χ1) is 15.7. The van der Waals surface area contributed by atoms with Gasteiger partial charge in [0.25, 0.3) is 0 Å². The Kier molecular flexibility index (Phi) is 4.54. The van der Waals surface area contributed by atoms with Crippen LogP contribution in [0.15, 0.2) is 24.0 Å². The molecule has 0 aromatic carbocycles. The van der Waals surface area contributed by atoms with Crippen molar-refractivity contribution in [1.82, 2.24) is 39.5 Å². The van der Waals surface area contributed by atoms with Crippen molar-refractivity contribution < 1.29 is 4.74 Å². The third kappa shape index (κ3) is 2.88. The van der Waals surface area contributed by atoms with E-state index in [-0.39, 0.29) is 12.1 Å². The minimum atomic E-state index is 0.0745. The first-order valence-electron chi connectivity index (χ1n) is 10.7. The van der Waals surface area contributed by atoms with Crippen LogP contribution in [0.25, 0.3) is 27.8 Å². The van der Waals surface area contributed by atoms with Crippen molar-refractivity contribution in [2.45, 2.75) is 38.8 Å². The third-order valence-corrected chi connectivity index (χ3v) is 6.89. The number of hydrogen-bond donors (Lipinski definition) is 0. The highest BCUT2D eigenvalue weighted by molar-refractivity contribution is 7.13. The normalized spacial score (nSPS) is 19.9. The Balaban J connectivity index is 1.55. The fourth-order valence-corrected chi connectivity index (χ4v) is 5.34. The van der Waals surface area contributed by atoms with Crippen molar-refractivity contribution in [3.05, 3.63) is 35.6 Å². The zero-order chi connectivity index (χ0) is 21.8. The van der Waals surface area contributed by atoms with Gasteiger partial charge >= 0.3 is 0 Å². The maximum Gasteiger partial charge on any atom is 0.165 e. The highest BCUT2D eigenvalue weighted by atomic mass is 32.1. The van der Waals surface area contributed by atoms with E-state index >= 15 is 0 Å². The molecule has 4 aromatic rings. The molecule has 0 amide bonds. The molecule has 164 valence electrons. The monoisotopic (exact) mass is 449 g/mol. The molecule has 32 heavy (non-hydrogen) atoms. The molecule has 4 aromatic heterocycles. The number of hydrogen-bond acceptors (Lipinski definition) is 9. The zero-order valence-electron chi connectivity index (χ0n) is 18.1. The van der Waals surface area contributed by atoms with Crippen molar-refractivity contribution >= 4 is 17.2 Å². The molecule has 6 rings (SSSR count). The number of nitrogens with zero attached hydrogens (tertiary/aromatic N) is 9. The second-order valence-corrected chi connectivity index (χ2v) is 8.99. The first kappa shape index (κ1) is 19.5. The zero-order valence-corrected chi connectivity index (χ0v) is 19.0. The van der Waals surface area contributed by atoms with Crippen LogP contribution in [0.2, 0.25) is 0 Å². The molecule has 2 aliphatic heterocycles. The molecule has 0 aliphatic carbocycles. The number of anilines is 1. The van der Waals surface area contributed by atoms with Gasteiger partial charge in [0.2, 0.25) is 0 Å². The lowest BCUT2D eigenvalue weighted by molar-refractivity contribution is 0.191. The molecule has 11 heteroatoms. The Morgan fingerprint density at radius 2 is 2.16 bits per heavy atom. The second kappa shape index (κ2) is 7.45. The fourth-order valence-electron chi connectivity index (χ4n) is 4.71. The summed E-state index contributed by atoms with van der Waals surface area (Å²) in [5, 5.41) is 16.3. The van der Waals surface area contributed by atoms with E-state index in [1.54, 1.807) is 22.2 Å². The van der Waals surface area contributed by atoms with Crippen molar-refractivity contribution in [2.24, 2.45) is 7.05 Å². The molecule has 1 fully saturated rings. The summed E-state index contributed by atoms with van der Waals surface area (Å²) >= 11 is 1.56. The molecule has 2 atom stereocenters. The minimum absolute atomic E-state index is 0.0745. The molecule has 0 spiro atoms. The van der Waals surface area contributed by atoms with Crippen LogP contribution in [-0.2, 0) is 11.8 Å². The quantitative estimate of drug-likeness (QED) is 0.469. The van der Waals surface area contributed by atoms with E-state index in [0.717, 1.165) is 58.9 Å². The van der Waals surface area contributed by atoms with Gasteiger partial charge < -0.3 is 9.64 Å². The summed E-state index contributed by atoms with van der Waals surface area (Å²) in [5.74, 6) is 3.30. The summed E-state index contributed by atoms with van der Waals surface area (Å²) in [6, 6.07) is 0.310. The number of aryl methyl sites for hydroxylation is 2. The standard InChI is InChI=1S/C21H23N9OS/c1-4-15-20-26-25-12(2)29(20)16-9-23-18(24-19(16)30(15)13-5-7-31-11-13)14-10-28(3)27-17(14)21-22-6-8-32-21/h6,8-10,13,15H,4-5,7,11H2,1-3H3/t13?,15-/m1/s1. The molecule has 10 nitrogen and oxygen atoms in total. The molecule has 6 heterocycles. The van der Waals surface area contributed by atoms with Crippen molar-refractivity contribution in [3.63, 3.8) is 0 Å².